The number of pyridine rings is 1. The Kier molecular flexibility index (Phi) is 5.77. The highest BCUT2D eigenvalue weighted by molar-refractivity contribution is 7.18. The molecule has 0 unspecified atom stereocenters. The first-order chi connectivity index (χ1) is 16.5. The monoisotopic (exact) mass is 473 g/mol. The Morgan fingerprint density at radius 3 is 2.71 bits per heavy atom. The maximum Gasteiger partial charge on any atom is 0.258 e. The summed E-state index contributed by atoms with van der Waals surface area (Å²) >= 11 is 1.34. The first kappa shape index (κ1) is 21.7. The Morgan fingerprint density at radius 2 is 1.91 bits per heavy atom. The van der Waals surface area contributed by atoms with Crippen LogP contribution in [0.25, 0.3) is 21.0 Å². The number of nitrogens with zero attached hydrogens (tertiary/aromatic N) is 3. The molecule has 1 amide bonds. The van der Waals surface area contributed by atoms with E-state index in [0.29, 0.717) is 33.8 Å². The number of carbonyl (C=O) groups is 1. The molecule has 7 nitrogen and oxygen atoms in total. The van der Waals surface area contributed by atoms with Crippen molar-refractivity contribution in [2.24, 2.45) is 0 Å². The van der Waals surface area contributed by atoms with Crippen LogP contribution in [0.3, 0.4) is 0 Å². The van der Waals surface area contributed by atoms with E-state index in [4.69, 9.17) is 10.5 Å². The van der Waals surface area contributed by atoms with Gasteiger partial charge in [-0.05, 0) is 36.2 Å². The van der Waals surface area contributed by atoms with E-state index in [1.54, 1.807) is 23.7 Å². The number of hydrogen-bond donors (Lipinski definition) is 2. The smallest absolute Gasteiger partial charge is 0.258 e. The topological polar surface area (TPSA) is 103 Å². The molecule has 0 radical (unpaired) electrons. The fourth-order valence-electron chi connectivity index (χ4n) is 3.90. The molecule has 0 saturated carbocycles. The van der Waals surface area contributed by atoms with Gasteiger partial charge in [-0.2, -0.15) is 0 Å². The van der Waals surface area contributed by atoms with Crippen molar-refractivity contribution in [3.05, 3.63) is 82.8 Å². The second-order valence-electron chi connectivity index (χ2n) is 7.72. The molecular formula is C25H20FN5O2S. The number of fused-ring (bicyclic) bond motifs is 2. The van der Waals surface area contributed by atoms with Crippen LogP contribution in [0.2, 0.25) is 0 Å². The number of rotatable bonds is 6. The van der Waals surface area contributed by atoms with E-state index >= 15 is 0 Å². The van der Waals surface area contributed by atoms with Crippen molar-refractivity contribution >= 4 is 49.7 Å². The number of amides is 1. The van der Waals surface area contributed by atoms with Crippen LogP contribution in [0, 0.1) is 6.92 Å². The number of aryl methyl sites for hydroxylation is 1. The van der Waals surface area contributed by atoms with E-state index in [9.17, 15) is 9.18 Å². The van der Waals surface area contributed by atoms with Gasteiger partial charge in [0.1, 0.15) is 17.9 Å². The first-order valence-corrected chi connectivity index (χ1v) is 11.4. The number of ether oxygens (including phenoxy) is 1. The molecule has 0 spiro atoms. The van der Waals surface area contributed by atoms with Crippen molar-refractivity contribution in [1.82, 2.24) is 15.0 Å². The highest BCUT2D eigenvalue weighted by atomic mass is 32.1. The first-order valence-electron chi connectivity index (χ1n) is 10.5. The van der Waals surface area contributed by atoms with Gasteiger partial charge < -0.3 is 15.8 Å². The lowest BCUT2D eigenvalue weighted by atomic mass is 10.00. The summed E-state index contributed by atoms with van der Waals surface area (Å²) in [5.41, 5.74) is 10.4. The number of halogens is 1. The van der Waals surface area contributed by atoms with Gasteiger partial charge in [0.15, 0.2) is 0 Å². The average molecular weight is 474 g/mol. The van der Waals surface area contributed by atoms with Crippen LogP contribution < -0.4 is 15.8 Å². The summed E-state index contributed by atoms with van der Waals surface area (Å²) in [4.78, 5) is 26.0. The minimum atomic E-state index is -0.862. The fraction of sp³-hybridized carbons (Fsp3) is 0.120. The van der Waals surface area contributed by atoms with Gasteiger partial charge in [0, 0.05) is 28.8 Å². The minimum absolute atomic E-state index is 0.262. The van der Waals surface area contributed by atoms with Gasteiger partial charge in [-0.25, -0.2) is 14.4 Å². The maximum absolute atomic E-state index is 13.2. The van der Waals surface area contributed by atoms with Gasteiger partial charge >= 0.3 is 0 Å². The highest BCUT2D eigenvalue weighted by Crippen LogP contribution is 2.32. The fourth-order valence-corrected chi connectivity index (χ4v) is 4.80. The number of anilines is 2. The van der Waals surface area contributed by atoms with Crippen molar-refractivity contribution in [2.45, 2.75) is 13.3 Å². The number of nitrogen functional groups attached to an aromatic ring is 1. The molecule has 3 heterocycles. The van der Waals surface area contributed by atoms with Gasteiger partial charge in [0.2, 0.25) is 6.86 Å². The Hall–Kier alpha value is -4.11. The lowest BCUT2D eigenvalue weighted by Gasteiger charge is -2.14. The van der Waals surface area contributed by atoms with E-state index in [2.05, 4.69) is 20.3 Å². The summed E-state index contributed by atoms with van der Waals surface area (Å²) in [5, 5.41) is 6.64. The Balaban J connectivity index is 1.49. The van der Waals surface area contributed by atoms with Gasteiger partial charge in [0.25, 0.3) is 5.91 Å². The maximum atomic E-state index is 13.2. The van der Waals surface area contributed by atoms with Crippen molar-refractivity contribution in [1.29, 1.82) is 0 Å². The summed E-state index contributed by atoms with van der Waals surface area (Å²) in [6.07, 6.45) is 3.68. The predicted octanol–water partition coefficient (Wildman–Crippen LogP) is 5.28. The molecule has 0 aliphatic carbocycles. The quantitative estimate of drug-likeness (QED) is 0.348. The molecule has 9 heteroatoms. The van der Waals surface area contributed by atoms with E-state index in [1.165, 1.54) is 17.7 Å². The highest BCUT2D eigenvalue weighted by Gasteiger charge is 2.18. The van der Waals surface area contributed by atoms with Crippen molar-refractivity contribution < 1.29 is 13.9 Å². The summed E-state index contributed by atoms with van der Waals surface area (Å²) < 4.78 is 17.9. The molecule has 3 N–H and O–H groups in total. The van der Waals surface area contributed by atoms with Crippen LogP contribution in [0.15, 0.2) is 60.4 Å². The van der Waals surface area contributed by atoms with E-state index in [0.717, 1.165) is 33.3 Å². The second kappa shape index (κ2) is 9.03. The third-order valence-corrected chi connectivity index (χ3v) is 6.61. The number of nitrogens with two attached hydrogens (primary N) is 1. The van der Waals surface area contributed by atoms with Gasteiger partial charge in [-0.15, -0.1) is 11.3 Å². The zero-order chi connectivity index (χ0) is 23.7. The standard InChI is InChI=1S/C25H20FN5O2S/c1-14-2-7-17-18(8-9-28-20(17)10-15-3-5-16(6-4-15)33-12-26)21(14)31-25(32)19-11-34-23-22(19)29-13-30-24(23)27/h2-9,11,13H,10,12H2,1H3,(H,31,32)(H2,27,29,30). The number of thiophene rings is 1. The molecule has 34 heavy (non-hydrogen) atoms. The van der Waals surface area contributed by atoms with Crippen LogP contribution >= 0.6 is 11.3 Å². The largest absolute Gasteiger partial charge is 0.463 e. The van der Waals surface area contributed by atoms with Crippen molar-refractivity contribution in [3.63, 3.8) is 0 Å². The SMILES string of the molecule is Cc1ccc2c(Cc3ccc(OCF)cc3)nccc2c1NC(=O)c1csc2c(N)ncnc12. The summed E-state index contributed by atoms with van der Waals surface area (Å²) in [5.74, 6) is 0.572. The van der Waals surface area contributed by atoms with Crippen molar-refractivity contribution in [2.75, 3.05) is 17.9 Å². The predicted molar refractivity (Wildman–Crippen MR) is 132 cm³/mol. The average Bonchev–Trinajstić information content (AvgIpc) is 3.28. The molecule has 0 aliphatic heterocycles. The number of alkyl halides is 1. The summed E-state index contributed by atoms with van der Waals surface area (Å²) in [6, 6.07) is 13.1. The van der Waals surface area contributed by atoms with Gasteiger partial charge in [-0.3, -0.25) is 9.78 Å². The normalized spacial score (nSPS) is 11.1. The van der Waals surface area contributed by atoms with Crippen LogP contribution in [-0.4, -0.2) is 27.7 Å². The molecule has 0 fully saturated rings. The molecule has 0 aliphatic rings. The molecule has 0 saturated heterocycles. The van der Waals surface area contributed by atoms with Crippen LogP contribution in [0.4, 0.5) is 15.9 Å². The number of hydrogen-bond acceptors (Lipinski definition) is 7. The van der Waals surface area contributed by atoms with E-state index in [-0.39, 0.29) is 5.91 Å². The number of nitrogens with one attached hydrogen (secondary N) is 1. The van der Waals surface area contributed by atoms with Crippen LogP contribution in [0.5, 0.6) is 5.75 Å². The zero-order valence-corrected chi connectivity index (χ0v) is 19.0. The number of benzene rings is 2. The summed E-state index contributed by atoms with van der Waals surface area (Å²) in [6.45, 7) is 1.09. The number of carbonyl (C=O) groups excluding carboxylic acids is 1. The van der Waals surface area contributed by atoms with Gasteiger partial charge in [-0.1, -0.05) is 24.3 Å². The molecule has 0 atom stereocenters. The van der Waals surface area contributed by atoms with Crippen LogP contribution in [-0.2, 0) is 6.42 Å². The Morgan fingerprint density at radius 1 is 1.09 bits per heavy atom. The molecule has 170 valence electrons. The molecule has 3 aromatic heterocycles. The van der Waals surface area contributed by atoms with Crippen molar-refractivity contribution in [3.8, 4) is 5.75 Å². The second-order valence-corrected chi connectivity index (χ2v) is 8.60. The third kappa shape index (κ3) is 4.01. The van der Waals surface area contributed by atoms with E-state index in [1.807, 2.05) is 37.3 Å². The lowest BCUT2D eigenvalue weighted by molar-refractivity contribution is 0.102. The van der Waals surface area contributed by atoms with Gasteiger partial charge in [0.05, 0.1) is 27.2 Å². The Bertz CT molecular complexity index is 1520. The molecule has 2 aromatic carbocycles. The lowest BCUT2D eigenvalue weighted by Crippen LogP contribution is -2.13. The van der Waals surface area contributed by atoms with Crippen LogP contribution in [0.1, 0.15) is 27.2 Å². The molecule has 5 aromatic rings. The third-order valence-electron chi connectivity index (χ3n) is 5.62. The minimum Gasteiger partial charge on any atom is -0.463 e. The van der Waals surface area contributed by atoms with E-state index < -0.39 is 6.86 Å². The zero-order valence-electron chi connectivity index (χ0n) is 18.2. The molecule has 5 rings (SSSR count). The Labute approximate surface area is 198 Å². The molecular weight excluding hydrogens is 453 g/mol. The molecule has 0 bridgehead atoms. The number of aromatic nitrogens is 3. The summed E-state index contributed by atoms with van der Waals surface area (Å²) in [7, 11) is 0.